The van der Waals surface area contributed by atoms with E-state index >= 15 is 0 Å². The molecule has 0 aromatic carbocycles. The van der Waals surface area contributed by atoms with Gasteiger partial charge >= 0.3 is 0 Å². The normalized spacial score (nSPS) is 19.1. The van der Waals surface area contributed by atoms with Gasteiger partial charge in [0.05, 0.1) is 12.7 Å². The minimum absolute atomic E-state index is 0.322. The van der Waals surface area contributed by atoms with E-state index < -0.39 is 0 Å². The summed E-state index contributed by atoms with van der Waals surface area (Å²) in [6, 6.07) is 0.555. The van der Waals surface area contributed by atoms with Gasteiger partial charge in [0.25, 0.3) is 0 Å². The van der Waals surface area contributed by atoms with Crippen molar-refractivity contribution in [3.8, 4) is 0 Å². The maximum atomic E-state index is 5.66. The molecule has 1 aliphatic rings. The zero-order valence-corrected chi connectivity index (χ0v) is 13.3. The molecule has 0 saturated heterocycles. The number of nitrogens with zero attached hydrogens (tertiary/aromatic N) is 1. The molecule has 20 heavy (non-hydrogen) atoms. The van der Waals surface area contributed by atoms with Crippen molar-refractivity contribution in [2.75, 3.05) is 13.2 Å². The predicted octanol–water partition coefficient (Wildman–Crippen LogP) is 3.68. The molecule has 1 unspecified atom stereocenters. The highest BCUT2D eigenvalue weighted by atomic mass is 16.5. The van der Waals surface area contributed by atoms with E-state index in [1.54, 1.807) is 5.56 Å². The first kappa shape index (κ1) is 15.6. The van der Waals surface area contributed by atoms with Gasteiger partial charge in [-0.25, -0.2) is 0 Å². The fourth-order valence-electron chi connectivity index (χ4n) is 2.97. The van der Waals surface area contributed by atoms with Gasteiger partial charge in [-0.3, -0.25) is 0 Å². The highest BCUT2D eigenvalue weighted by molar-refractivity contribution is 5.29. The number of fused-ring (bicyclic) bond motifs is 1. The van der Waals surface area contributed by atoms with Crippen molar-refractivity contribution in [3.05, 3.63) is 23.5 Å². The van der Waals surface area contributed by atoms with E-state index in [0.29, 0.717) is 12.1 Å². The van der Waals surface area contributed by atoms with Crippen LogP contribution in [0.25, 0.3) is 0 Å². The molecule has 0 fully saturated rings. The van der Waals surface area contributed by atoms with E-state index in [4.69, 9.17) is 4.74 Å². The molecule has 2 rings (SSSR count). The molecule has 1 aromatic heterocycles. The van der Waals surface area contributed by atoms with Crippen LogP contribution in [-0.2, 0) is 17.7 Å². The third kappa shape index (κ3) is 4.35. The molecule has 0 bridgehead atoms. The molecule has 0 spiro atoms. The number of ether oxygens (including phenoxy) is 1. The topological polar surface area (TPSA) is 26.2 Å². The molecule has 3 nitrogen and oxygen atoms in total. The van der Waals surface area contributed by atoms with Crippen LogP contribution in [0.5, 0.6) is 0 Å². The monoisotopic (exact) mass is 278 g/mol. The second-order valence-electron chi connectivity index (χ2n) is 6.15. The summed E-state index contributed by atoms with van der Waals surface area (Å²) in [4.78, 5) is 0. The Morgan fingerprint density at radius 3 is 2.95 bits per heavy atom. The minimum Gasteiger partial charge on any atom is -0.377 e. The van der Waals surface area contributed by atoms with E-state index in [9.17, 15) is 0 Å². The number of aromatic nitrogens is 1. The molecule has 0 aliphatic heterocycles. The van der Waals surface area contributed by atoms with Crippen molar-refractivity contribution < 1.29 is 4.74 Å². The first-order valence-electron chi connectivity index (χ1n) is 8.24. The summed E-state index contributed by atoms with van der Waals surface area (Å²) in [7, 11) is 0. The molecule has 1 aliphatic carbocycles. The number of aryl methyl sites for hydroxylation is 1. The second kappa shape index (κ2) is 7.84. The van der Waals surface area contributed by atoms with Crippen LogP contribution in [0.2, 0.25) is 0 Å². The van der Waals surface area contributed by atoms with E-state index in [-0.39, 0.29) is 0 Å². The van der Waals surface area contributed by atoms with Crippen molar-refractivity contribution in [1.29, 1.82) is 0 Å². The molecular formula is C17H30N2O. The van der Waals surface area contributed by atoms with Gasteiger partial charge < -0.3 is 14.6 Å². The van der Waals surface area contributed by atoms with E-state index in [1.807, 2.05) is 0 Å². The lowest BCUT2D eigenvalue weighted by atomic mass is 10.0. The van der Waals surface area contributed by atoms with Crippen LogP contribution in [0, 0.1) is 0 Å². The summed E-state index contributed by atoms with van der Waals surface area (Å²) >= 11 is 0. The molecule has 1 atom stereocenters. The van der Waals surface area contributed by atoms with Crippen LogP contribution in [0.1, 0.15) is 63.6 Å². The molecule has 0 amide bonds. The van der Waals surface area contributed by atoms with E-state index in [2.05, 4.69) is 43.0 Å². The molecule has 1 aromatic rings. The number of rotatable bonds is 7. The van der Waals surface area contributed by atoms with Gasteiger partial charge in [0.1, 0.15) is 0 Å². The van der Waals surface area contributed by atoms with E-state index in [0.717, 1.165) is 19.7 Å². The number of hydrogen-bond donors (Lipinski definition) is 1. The first-order chi connectivity index (χ1) is 9.70. The summed E-state index contributed by atoms with van der Waals surface area (Å²) in [6.07, 6.45) is 11.4. The van der Waals surface area contributed by atoms with E-state index in [1.165, 1.54) is 37.7 Å². The lowest BCUT2D eigenvalue weighted by Gasteiger charge is -2.16. The highest BCUT2D eigenvalue weighted by Crippen LogP contribution is 2.29. The maximum Gasteiger partial charge on any atom is 0.0648 e. The molecule has 3 heteroatoms. The fraction of sp³-hybridized carbons (Fsp3) is 0.765. The highest BCUT2D eigenvalue weighted by Gasteiger charge is 2.19. The van der Waals surface area contributed by atoms with Gasteiger partial charge in [0.2, 0.25) is 0 Å². The Kier molecular flexibility index (Phi) is 6.11. The molecule has 0 saturated carbocycles. The molecule has 114 valence electrons. The Morgan fingerprint density at radius 1 is 1.35 bits per heavy atom. The zero-order valence-electron chi connectivity index (χ0n) is 13.3. The zero-order chi connectivity index (χ0) is 14.4. The smallest absolute Gasteiger partial charge is 0.0648 e. The third-order valence-corrected chi connectivity index (χ3v) is 4.00. The second-order valence-corrected chi connectivity index (χ2v) is 6.15. The maximum absolute atomic E-state index is 5.66. The standard InChI is InChI=1S/C17H30N2O/c1-4-9-18-17-8-6-5-7-15-12-19(13-16(15)17)10-11-20-14(2)3/h12-14,17-18H,4-11H2,1-3H3. The molecular weight excluding hydrogens is 248 g/mol. The Labute approximate surface area is 123 Å². The van der Waals surface area contributed by atoms with Crippen LogP contribution in [0.15, 0.2) is 12.4 Å². The lowest BCUT2D eigenvalue weighted by molar-refractivity contribution is 0.0728. The van der Waals surface area contributed by atoms with Gasteiger partial charge in [-0.05, 0) is 57.2 Å². The first-order valence-corrected chi connectivity index (χ1v) is 8.24. The third-order valence-electron chi connectivity index (χ3n) is 4.00. The Bertz CT molecular complexity index is 398. The van der Waals surface area contributed by atoms with Crippen LogP contribution >= 0.6 is 0 Å². The molecule has 1 heterocycles. The van der Waals surface area contributed by atoms with Crippen LogP contribution in [0.4, 0.5) is 0 Å². The SMILES string of the molecule is CCCNC1CCCCc2cn(CCOC(C)C)cc21. The van der Waals surface area contributed by atoms with Crippen LogP contribution < -0.4 is 5.32 Å². The summed E-state index contributed by atoms with van der Waals surface area (Å²) < 4.78 is 7.98. The minimum atomic E-state index is 0.322. The molecule has 1 N–H and O–H groups in total. The average Bonchev–Trinajstić information content (AvgIpc) is 2.72. The Balaban J connectivity index is 2.00. The van der Waals surface area contributed by atoms with Gasteiger partial charge in [-0.1, -0.05) is 13.3 Å². The fourth-order valence-corrected chi connectivity index (χ4v) is 2.97. The summed E-state index contributed by atoms with van der Waals surface area (Å²) in [5, 5.41) is 3.71. The van der Waals surface area contributed by atoms with Gasteiger partial charge in [0.15, 0.2) is 0 Å². The van der Waals surface area contributed by atoms with Crippen molar-refractivity contribution >= 4 is 0 Å². The van der Waals surface area contributed by atoms with Gasteiger partial charge in [-0.2, -0.15) is 0 Å². The van der Waals surface area contributed by atoms with Crippen molar-refractivity contribution in [3.63, 3.8) is 0 Å². The number of hydrogen-bond acceptors (Lipinski definition) is 2. The summed E-state index contributed by atoms with van der Waals surface area (Å²) in [6.45, 7) is 9.31. The quantitative estimate of drug-likeness (QED) is 0.770. The van der Waals surface area contributed by atoms with Gasteiger partial charge in [-0.15, -0.1) is 0 Å². The predicted molar refractivity (Wildman–Crippen MR) is 84.1 cm³/mol. The Morgan fingerprint density at radius 2 is 2.20 bits per heavy atom. The summed E-state index contributed by atoms with van der Waals surface area (Å²) in [5.41, 5.74) is 3.07. The van der Waals surface area contributed by atoms with Crippen LogP contribution in [-0.4, -0.2) is 23.8 Å². The van der Waals surface area contributed by atoms with Crippen molar-refractivity contribution in [2.45, 2.75) is 71.6 Å². The largest absolute Gasteiger partial charge is 0.377 e. The summed E-state index contributed by atoms with van der Waals surface area (Å²) in [5.74, 6) is 0. The van der Waals surface area contributed by atoms with Crippen molar-refractivity contribution in [2.24, 2.45) is 0 Å². The van der Waals surface area contributed by atoms with Crippen LogP contribution in [0.3, 0.4) is 0 Å². The Hall–Kier alpha value is -0.800. The average molecular weight is 278 g/mol. The molecule has 0 radical (unpaired) electrons. The lowest BCUT2D eigenvalue weighted by Crippen LogP contribution is -2.21. The number of nitrogens with one attached hydrogen (secondary N) is 1. The van der Waals surface area contributed by atoms with Crippen molar-refractivity contribution in [1.82, 2.24) is 9.88 Å². The van der Waals surface area contributed by atoms with Gasteiger partial charge in [0, 0.05) is 25.0 Å².